The van der Waals surface area contributed by atoms with Crippen LogP contribution in [0, 0.1) is 0 Å². The fourth-order valence-electron chi connectivity index (χ4n) is 1.09. The Morgan fingerprint density at radius 1 is 1.35 bits per heavy atom. The Balaban J connectivity index is 2.29. The van der Waals surface area contributed by atoms with Crippen LogP contribution in [0.5, 0.6) is 0 Å². The summed E-state index contributed by atoms with van der Waals surface area (Å²) in [5.41, 5.74) is 0.0261. The monoisotopic (exact) mass is 267 g/mol. The number of rotatable bonds is 3. The molecule has 7 heteroatoms. The molecule has 2 rings (SSSR count). The van der Waals surface area contributed by atoms with Crippen molar-refractivity contribution in [3.05, 3.63) is 41.4 Å². The fraction of sp³-hybridized carbons (Fsp3) is 0. The average molecular weight is 268 g/mol. The molecule has 86 valence electrons. The Kier molecular flexibility index (Phi) is 3.55. The van der Waals surface area contributed by atoms with Gasteiger partial charge in [0.1, 0.15) is 16.4 Å². The zero-order chi connectivity index (χ0) is 12.3. The second kappa shape index (κ2) is 5.11. The van der Waals surface area contributed by atoms with Gasteiger partial charge in [0.15, 0.2) is 0 Å². The van der Waals surface area contributed by atoms with Crippen LogP contribution >= 0.6 is 23.4 Å². The van der Waals surface area contributed by atoms with E-state index >= 15 is 0 Å². The molecule has 2 heterocycles. The Morgan fingerprint density at radius 2 is 2.18 bits per heavy atom. The van der Waals surface area contributed by atoms with E-state index in [9.17, 15) is 4.79 Å². The van der Waals surface area contributed by atoms with E-state index < -0.39 is 5.97 Å². The summed E-state index contributed by atoms with van der Waals surface area (Å²) in [5.74, 6) is -1.08. The number of halogens is 1. The molecule has 0 saturated heterocycles. The van der Waals surface area contributed by atoms with Crippen LogP contribution in [0.4, 0.5) is 0 Å². The molecule has 0 bridgehead atoms. The van der Waals surface area contributed by atoms with Crippen LogP contribution < -0.4 is 0 Å². The van der Waals surface area contributed by atoms with Crippen LogP contribution in [0.3, 0.4) is 0 Å². The molecule has 5 nitrogen and oxygen atoms in total. The number of aromatic carboxylic acids is 1. The number of pyridine rings is 1. The smallest absolute Gasteiger partial charge is 0.337 e. The topological polar surface area (TPSA) is 76.0 Å². The van der Waals surface area contributed by atoms with Gasteiger partial charge in [0, 0.05) is 12.4 Å². The largest absolute Gasteiger partial charge is 0.478 e. The number of hydrogen-bond acceptors (Lipinski definition) is 5. The normalized spacial score (nSPS) is 10.2. The predicted molar refractivity (Wildman–Crippen MR) is 62.4 cm³/mol. The Morgan fingerprint density at radius 3 is 2.82 bits per heavy atom. The van der Waals surface area contributed by atoms with Crippen molar-refractivity contribution < 1.29 is 9.90 Å². The summed E-state index contributed by atoms with van der Waals surface area (Å²) in [6, 6.07) is 3.12. The Bertz CT molecular complexity index is 551. The number of carboxylic acids is 1. The van der Waals surface area contributed by atoms with Gasteiger partial charge in [-0.25, -0.2) is 19.7 Å². The van der Waals surface area contributed by atoms with E-state index in [1.165, 1.54) is 30.4 Å². The maximum absolute atomic E-state index is 10.9. The second-order valence-corrected chi connectivity index (χ2v) is 4.41. The van der Waals surface area contributed by atoms with E-state index in [-0.39, 0.29) is 10.6 Å². The van der Waals surface area contributed by atoms with E-state index in [2.05, 4.69) is 15.0 Å². The number of carbonyl (C=O) groups is 1. The zero-order valence-corrected chi connectivity index (χ0v) is 9.94. The first kappa shape index (κ1) is 11.8. The molecule has 0 aliphatic rings. The van der Waals surface area contributed by atoms with Gasteiger partial charge in [0.05, 0.1) is 10.6 Å². The molecular formula is C10H6ClN3O2S. The molecule has 0 radical (unpaired) electrons. The minimum absolute atomic E-state index is 0.0261. The number of nitrogens with zero attached hydrogens (tertiary/aromatic N) is 3. The lowest BCUT2D eigenvalue weighted by atomic mass is 10.3. The van der Waals surface area contributed by atoms with Gasteiger partial charge < -0.3 is 5.11 Å². The molecule has 0 amide bonds. The predicted octanol–water partition coefficient (Wildman–Crippen LogP) is 2.37. The first-order valence-electron chi connectivity index (χ1n) is 4.49. The lowest BCUT2D eigenvalue weighted by Gasteiger charge is -2.02. The standard InChI is InChI=1S/C10H6ClN3O2S/c11-7-4-13-9(3-6(7)10(15)16)17-8-1-2-12-5-14-8/h1-5H,(H,15,16). The third-order valence-electron chi connectivity index (χ3n) is 1.82. The van der Waals surface area contributed by atoms with Crippen molar-refractivity contribution in [3.63, 3.8) is 0 Å². The summed E-state index contributed by atoms with van der Waals surface area (Å²) in [6.45, 7) is 0. The van der Waals surface area contributed by atoms with Crippen molar-refractivity contribution in [2.45, 2.75) is 10.1 Å². The molecule has 0 aliphatic heterocycles. The minimum Gasteiger partial charge on any atom is -0.478 e. The van der Waals surface area contributed by atoms with E-state index in [1.807, 2.05) is 0 Å². The maximum Gasteiger partial charge on any atom is 0.337 e. The van der Waals surface area contributed by atoms with E-state index in [1.54, 1.807) is 12.3 Å². The zero-order valence-electron chi connectivity index (χ0n) is 8.37. The molecule has 0 unspecified atom stereocenters. The highest BCUT2D eigenvalue weighted by molar-refractivity contribution is 7.99. The van der Waals surface area contributed by atoms with Crippen molar-refractivity contribution in [3.8, 4) is 0 Å². The maximum atomic E-state index is 10.9. The van der Waals surface area contributed by atoms with Crippen molar-refractivity contribution >= 4 is 29.3 Å². The van der Waals surface area contributed by atoms with Crippen LogP contribution in [0.15, 0.2) is 40.9 Å². The van der Waals surface area contributed by atoms with E-state index in [0.29, 0.717) is 10.1 Å². The fourth-order valence-corrected chi connectivity index (χ4v) is 1.99. The summed E-state index contributed by atoms with van der Waals surface area (Å²) in [4.78, 5) is 22.7. The second-order valence-electron chi connectivity index (χ2n) is 2.96. The van der Waals surface area contributed by atoms with Gasteiger partial charge in [0.25, 0.3) is 0 Å². The molecule has 17 heavy (non-hydrogen) atoms. The summed E-state index contributed by atoms with van der Waals surface area (Å²) in [7, 11) is 0. The molecule has 1 N–H and O–H groups in total. The molecule has 0 atom stereocenters. The van der Waals surface area contributed by atoms with Gasteiger partial charge in [-0.15, -0.1) is 0 Å². The number of aromatic nitrogens is 3. The summed E-state index contributed by atoms with van der Waals surface area (Å²) < 4.78 is 0. The van der Waals surface area contributed by atoms with Crippen LogP contribution in [0.25, 0.3) is 0 Å². The van der Waals surface area contributed by atoms with Crippen LogP contribution in [-0.2, 0) is 0 Å². The van der Waals surface area contributed by atoms with Crippen molar-refractivity contribution in [2.24, 2.45) is 0 Å². The van der Waals surface area contributed by atoms with Crippen LogP contribution in [-0.4, -0.2) is 26.0 Å². The van der Waals surface area contributed by atoms with E-state index in [4.69, 9.17) is 16.7 Å². The highest BCUT2D eigenvalue weighted by Crippen LogP contribution is 2.26. The highest BCUT2D eigenvalue weighted by Gasteiger charge is 2.11. The molecule has 0 aliphatic carbocycles. The summed E-state index contributed by atoms with van der Waals surface area (Å²) in [6.07, 6.45) is 4.33. The minimum atomic E-state index is -1.08. The van der Waals surface area contributed by atoms with Gasteiger partial charge in [0.2, 0.25) is 0 Å². The third-order valence-corrected chi connectivity index (χ3v) is 3.01. The van der Waals surface area contributed by atoms with Crippen molar-refractivity contribution in [2.75, 3.05) is 0 Å². The molecule has 2 aromatic heterocycles. The van der Waals surface area contributed by atoms with Gasteiger partial charge in [-0.1, -0.05) is 11.6 Å². The molecule has 0 fully saturated rings. The SMILES string of the molecule is O=C(O)c1cc(Sc2ccncn2)ncc1Cl. The number of carboxylic acid groups (broad SMARTS) is 1. The lowest BCUT2D eigenvalue weighted by Crippen LogP contribution is -1.98. The van der Waals surface area contributed by atoms with E-state index in [0.717, 1.165) is 0 Å². The molecular weight excluding hydrogens is 262 g/mol. The van der Waals surface area contributed by atoms with Crippen molar-refractivity contribution in [1.82, 2.24) is 15.0 Å². The average Bonchev–Trinajstić information content (AvgIpc) is 2.32. The van der Waals surface area contributed by atoms with Crippen LogP contribution in [0.1, 0.15) is 10.4 Å². The van der Waals surface area contributed by atoms with Gasteiger partial charge in [-0.3, -0.25) is 0 Å². The Labute approximate surface area is 106 Å². The van der Waals surface area contributed by atoms with Crippen LogP contribution in [0.2, 0.25) is 5.02 Å². The summed E-state index contributed by atoms with van der Waals surface area (Å²) >= 11 is 6.96. The number of hydrogen-bond donors (Lipinski definition) is 1. The summed E-state index contributed by atoms with van der Waals surface area (Å²) in [5, 5.41) is 10.2. The van der Waals surface area contributed by atoms with Gasteiger partial charge >= 0.3 is 5.97 Å². The van der Waals surface area contributed by atoms with Crippen molar-refractivity contribution in [1.29, 1.82) is 0 Å². The Hall–Kier alpha value is -1.66. The molecule has 0 spiro atoms. The first-order valence-corrected chi connectivity index (χ1v) is 5.69. The van der Waals surface area contributed by atoms with Gasteiger partial charge in [-0.05, 0) is 23.9 Å². The third kappa shape index (κ3) is 2.92. The quantitative estimate of drug-likeness (QED) is 0.861. The molecule has 0 saturated carbocycles. The molecule has 0 aromatic carbocycles. The molecule has 2 aromatic rings. The highest BCUT2D eigenvalue weighted by atomic mass is 35.5. The van der Waals surface area contributed by atoms with Gasteiger partial charge in [-0.2, -0.15) is 0 Å². The first-order chi connectivity index (χ1) is 8.16. The lowest BCUT2D eigenvalue weighted by molar-refractivity contribution is 0.0696.